The van der Waals surface area contributed by atoms with Gasteiger partial charge >= 0.3 is 6.18 Å². The van der Waals surface area contributed by atoms with Gasteiger partial charge in [0.05, 0.1) is 45.4 Å². The van der Waals surface area contributed by atoms with Crippen LogP contribution in [0.25, 0.3) is 11.0 Å². The molecule has 2 aromatic rings. The number of aromatic nitrogens is 2. The largest absolute Gasteiger partial charge is 0.542 e. The molecule has 29 heavy (non-hydrogen) atoms. The highest BCUT2D eigenvalue weighted by atomic mass is 19.4. The third-order valence-electron chi connectivity index (χ3n) is 4.76. The quantitative estimate of drug-likeness (QED) is 0.623. The van der Waals surface area contributed by atoms with E-state index in [0.29, 0.717) is 26.3 Å². The first-order valence-electron chi connectivity index (χ1n) is 8.88. The van der Waals surface area contributed by atoms with Crippen molar-refractivity contribution in [1.29, 1.82) is 0 Å². The molecule has 0 spiro atoms. The van der Waals surface area contributed by atoms with Gasteiger partial charge in [0.25, 0.3) is 5.82 Å². The van der Waals surface area contributed by atoms with Crippen molar-refractivity contribution in [3.8, 4) is 5.75 Å². The number of aliphatic carboxylic acids is 1. The standard InChI is InChI=1S/C16H24N3O3.C2HF3O2/c1-3-18-13-5-4-12(21-2)6-14(13)19(15(18)7-17)8-16(9-20)10-22-11-16;3-2(4,5)1(6)7/h4-6,20H,3,7-11,17H2,1-2H3;(H,6,7)/q+1;/p-1. The van der Waals surface area contributed by atoms with Gasteiger partial charge < -0.3 is 30.2 Å². The Morgan fingerprint density at radius 3 is 2.45 bits per heavy atom. The van der Waals surface area contributed by atoms with Crippen molar-refractivity contribution in [3.05, 3.63) is 24.0 Å². The summed E-state index contributed by atoms with van der Waals surface area (Å²) in [4.78, 5) is 8.78. The van der Waals surface area contributed by atoms with Gasteiger partial charge in [-0.1, -0.05) is 0 Å². The van der Waals surface area contributed by atoms with Crippen molar-refractivity contribution in [2.45, 2.75) is 32.7 Å². The Kier molecular flexibility index (Phi) is 7.09. The number of carbonyl (C=O) groups is 1. The number of aryl methyl sites for hydroxylation is 1. The lowest BCUT2D eigenvalue weighted by Crippen LogP contribution is -2.49. The number of nitrogens with two attached hydrogens (primary N) is 1. The summed E-state index contributed by atoms with van der Waals surface area (Å²) in [6.07, 6.45) is -5.19. The average molecular weight is 419 g/mol. The van der Waals surface area contributed by atoms with Gasteiger partial charge in [-0.05, 0) is 19.1 Å². The summed E-state index contributed by atoms with van der Waals surface area (Å²) < 4.78 is 46.7. The molecule has 1 saturated heterocycles. The molecule has 0 amide bonds. The molecule has 1 aliphatic rings. The van der Waals surface area contributed by atoms with E-state index >= 15 is 0 Å². The monoisotopic (exact) mass is 419 g/mol. The molecule has 0 atom stereocenters. The number of carbonyl (C=O) groups excluding carboxylic acids is 1. The molecule has 11 heteroatoms. The maximum Gasteiger partial charge on any atom is 0.430 e. The molecule has 0 radical (unpaired) electrons. The van der Waals surface area contributed by atoms with Crippen molar-refractivity contribution < 1.29 is 42.2 Å². The summed E-state index contributed by atoms with van der Waals surface area (Å²) in [5, 5.41) is 18.5. The summed E-state index contributed by atoms with van der Waals surface area (Å²) in [5.41, 5.74) is 8.03. The summed E-state index contributed by atoms with van der Waals surface area (Å²) >= 11 is 0. The molecule has 2 heterocycles. The fourth-order valence-electron chi connectivity index (χ4n) is 3.21. The molecule has 1 aromatic heterocycles. The number of carboxylic acids is 1. The number of alkyl halides is 3. The minimum atomic E-state index is -5.19. The first-order valence-corrected chi connectivity index (χ1v) is 8.88. The van der Waals surface area contributed by atoms with Crippen LogP contribution < -0.4 is 20.1 Å². The molecule has 8 nitrogen and oxygen atoms in total. The molecule has 3 N–H and O–H groups in total. The molecule has 3 rings (SSSR count). The second-order valence-corrected chi connectivity index (χ2v) is 6.74. The molecular formula is C18H24F3N3O5. The minimum absolute atomic E-state index is 0.118. The highest BCUT2D eigenvalue weighted by Crippen LogP contribution is 2.31. The number of rotatable bonds is 6. The third kappa shape index (κ3) is 4.80. The van der Waals surface area contributed by atoms with Gasteiger partial charge in [-0.2, -0.15) is 13.2 Å². The normalized spacial score (nSPS) is 15.4. The Balaban J connectivity index is 0.000000370. The van der Waals surface area contributed by atoms with Crippen LogP contribution in [0.3, 0.4) is 0 Å². The Hall–Kier alpha value is -2.37. The lowest BCUT2D eigenvalue weighted by Gasteiger charge is -2.38. The Morgan fingerprint density at radius 2 is 2.07 bits per heavy atom. The molecule has 1 aliphatic heterocycles. The second-order valence-electron chi connectivity index (χ2n) is 6.74. The number of fused-ring (bicyclic) bond motifs is 1. The van der Waals surface area contributed by atoms with E-state index in [1.54, 1.807) is 7.11 Å². The molecule has 1 fully saturated rings. The Bertz CT molecular complexity index is 857. The maximum atomic E-state index is 10.5. The Labute approximate surface area is 165 Å². The smallest absolute Gasteiger partial charge is 0.430 e. The minimum Gasteiger partial charge on any atom is -0.542 e. The zero-order valence-corrected chi connectivity index (χ0v) is 16.2. The number of halogens is 3. The van der Waals surface area contributed by atoms with Crippen LogP contribution in [-0.2, 0) is 29.2 Å². The highest BCUT2D eigenvalue weighted by molar-refractivity contribution is 5.74. The summed E-state index contributed by atoms with van der Waals surface area (Å²) in [6, 6.07) is 6.06. The SMILES string of the molecule is CC[n+]1c(CN)n(CC2(CO)COC2)c2cc(OC)ccc21.O=C([O-])C(F)(F)F. The molecule has 0 bridgehead atoms. The maximum absolute atomic E-state index is 10.5. The van der Waals surface area contributed by atoms with E-state index < -0.39 is 12.1 Å². The van der Waals surface area contributed by atoms with Gasteiger partial charge in [-0.25, -0.2) is 9.13 Å². The highest BCUT2D eigenvalue weighted by Gasteiger charge is 2.42. The number of aliphatic hydroxyl groups excluding tert-OH is 1. The van der Waals surface area contributed by atoms with E-state index in [9.17, 15) is 18.3 Å². The summed E-state index contributed by atoms with van der Waals surface area (Å²) in [5.74, 6) is -1.13. The second kappa shape index (κ2) is 8.97. The topological polar surface area (TPSA) is 114 Å². The zero-order chi connectivity index (χ0) is 21.8. The van der Waals surface area contributed by atoms with Crippen LogP contribution in [0.4, 0.5) is 13.2 Å². The van der Waals surface area contributed by atoms with E-state index in [1.165, 1.54) is 0 Å². The van der Waals surface area contributed by atoms with Gasteiger partial charge in [0.1, 0.15) is 18.3 Å². The number of aliphatic hydroxyl groups is 1. The van der Waals surface area contributed by atoms with Gasteiger partial charge in [-0.15, -0.1) is 0 Å². The van der Waals surface area contributed by atoms with Crippen LogP contribution in [0.15, 0.2) is 18.2 Å². The summed E-state index contributed by atoms with van der Waals surface area (Å²) in [7, 11) is 1.67. The zero-order valence-electron chi connectivity index (χ0n) is 16.2. The third-order valence-corrected chi connectivity index (χ3v) is 4.76. The molecule has 0 unspecified atom stereocenters. The van der Waals surface area contributed by atoms with Crippen molar-refractivity contribution in [1.82, 2.24) is 4.57 Å². The van der Waals surface area contributed by atoms with E-state index in [0.717, 1.165) is 29.2 Å². The van der Waals surface area contributed by atoms with Crippen LogP contribution in [0.5, 0.6) is 5.75 Å². The van der Waals surface area contributed by atoms with Crippen LogP contribution in [0.2, 0.25) is 0 Å². The molecule has 162 valence electrons. The molecule has 0 saturated carbocycles. The number of hydrogen-bond acceptors (Lipinski definition) is 6. The number of hydrogen-bond donors (Lipinski definition) is 2. The van der Waals surface area contributed by atoms with Crippen LogP contribution >= 0.6 is 0 Å². The first kappa shape index (κ1) is 22.9. The number of ether oxygens (including phenoxy) is 2. The number of carboxylic acid groups (broad SMARTS) is 1. The van der Waals surface area contributed by atoms with Gasteiger partial charge in [-0.3, -0.25) is 0 Å². The van der Waals surface area contributed by atoms with E-state index in [1.807, 2.05) is 12.1 Å². The average Bonchev–Trinajstić information content (AvgIpc) is 2.95. The predicted octanol–water partition coefficient (Wildman–Crippen LogP) is -0.276. The molecular weight excluding hydrogens is 395 g/mol. The van der Waals surface area contributed by atoms with Gasteiger partial charge in [0.2, 0.25) is 0 Å². The van der Waals surface area contributed by atoms with Crippen molar-refractivity contribution >= 4 is 17.0 Å². The fourth-order valence-corrected chi connectivity index (χ4v) is 3.21. The van der Waals surface area contributed by atoms with Crippen LogP contribution in [-0.4, -0.2) is 48.7 Å². The molecule has 0 aliphatic carbocycles. The van der Waals surface area contributed by atoms with Crippen LogP contribution in [0, 0.1) is 5.41 Å². The van der Waals surface area contributed by atoms with E-state index in [4.69, 9.17) is 25.1 Å². The van der Waals surface area contributed by atoms with Gasteiger partial charge in [0, 0.05) is 6.07 Å². The lowest BCUT2D eigenvalue weighted by molar-refractivity contribution is -0.676. The van der Waals surface area contributed by atoms with E-state index in [-0.39, 0.29) is 12.0 Å². The fraction of sp³-hybridized carbons (Fsp3) is 0.556. The lowest BCUT2D eigenvalue weighted by atomic mass is 9.87. The number of nitrogens with zero attached hydrogens (tertiary/aromatic N) is 2. The van der Waals surface area contributed by atoms with Crippen molar-refractivity contribution in [2.24, 2.45) is 11.1 Å². The first-order chi connectivity index (χ1) is 13.6. The molecule has 1 aromatic carbocycles. The number of imidazole rings is 1. The van der Waals surface area contributed by atoms with Crippen molar-refractivity contribution in [3.63, 3.8) is 0 Å². The van der Waals surface area contributed by atoms with Crippen LogP contribution in [0.1, 0.15) is 12.7 Å². The van der Waals surface area contributed by atoms with Crippen molar-refractivity contribution in [2.75, 3.05) is 26.9 Å². The number of benzene rings is 1. The summed E-state index contributed by atoms with van der Waals surface area (Å²) in [6.45, 7) is 5.41. The predicted molar refractivity (Wildman–Crippen MR) is 93.7 cm³/mol. The Morgan fingerprint density at radius 1 is 1.45 bits per heavy atom. The number of methoxy groups -OCH3 is 1. The van der Waals surface area contributed by atoms with E-state index in [2.05, 4.69) is 22.1 Å². The van der Waals surface area contributed by atoms with Gasteiger partial charge in [0.15, 0.2) is 11.0 Å².